The fourth-order valence-corrected chi connectivity index (χ4v) is 4.82. The molecule has 9 heteroatoms. The molecule has 1 aromatic carbocycles. The molecular weight excluding hydrogens is 372 g/mol. The SMILES string of the molecule is CC(C)(C)OC(=O)N1C[Si@@H](N)CC[C@@H]1c1nnc(-c2ccc(Cl)cc2)o1. The van der Waals surface area contributed by atoms with Crippen LogP contribution in [0, 0.1) is 0 Å². The molecule has 2 N–H and O–H groups in total. The Morgan fingerprint density at radius 2 is 2.04 bits per heavy atom. The fourth-order valence-electron chi connectivity index (χ4n) is 2.86. The molecule has 1 aliphatic rings. The summed E-state index contributed by atoms with van der Waals surface area (Å²) < 4.78 is 11.4. The van der Waals surface area contributed by atoms with Crippen LogP contribution >= 0.6 is 11.6 Å². The predicted molar refractivity (Wildman–Crippen MR) is 101 cm³/mol. The van der Waals surface area contributed by atoms with Crippen molar-refractivity contribution in [2.45, 2.75) is 44.9 Å². The van der Waals surface area contributed by atoms with E-state index in [1.807, 2.05) is 32.9 Å². The van der Waals surface area contributed by atoms with Crippen molar-refractivity contribution in [2.75, 3.05) is 6.17 Å². The predicted octanol–water partition coefficient (Wildman–Crippen LogP) is 3.29. The Kier molecular flexibility index (Phi) is 5.36. The second-order valence-electron chi connectivity index (χ2n) is 7.44. The minimum Gasteiger partial charge on any atom is -0.444 e. The van der Waals surface area contributed by atoms with Gasteiger partial charge in [0.1, 0.15) is 20.6 Å². The molecule has 2 atom stereocenters. The van der Waals surface area contributed by atoms with Crippen LogP contribution in [0.1, 0.15) is 39.1 Å². The maximum atomic E-state index is 12.6. The molecule has 1 saturated heterocycles. The quantitative estimate of drug-likeness (QED) is 0.785. The molecule has 1 aromatic heterocycles. The molecule has 140 valence electrons. The zero-order chi connectivity index (χ0) is 18.9. The van der Waals surface area contributed by atoms with E-state index in [0.717, 1.165) is 11.6 Å². The smallest absolute Gasteiger partial charge is 0.410 e. The van der Waals surface area contributed by atoms with Gasteiger partial charge in [0, 0.05) is 16.8 Å². The summed E-state index contributed by atoms with van der Waals surface area (Å²) in [5.41, 5.74) is 0.201. The first-order chi connectivity index (χ1) is 12.2. The zero-order valence-corrected chi connectivity index (χ0v) is 17.0. The summed E-state index contributed by atoms with van der Waals surface area (Å²) in [7, 11) is -1.48. The number of hydrogen-bond acceptors (Lipinski definition) is 6. The van der Waals surface area contributed by atoms with Gasteiger partial charge in [-0.05, 0) is 57.5 Å². The Morgan fingerprint density at radius 1 is 1.35 bits per heavy atom. The van der Waals surface area contributed by atoms with Crippen molar-refractivity contribution in [3.63, 3.8) is 0 Å². The van der Waals surface area contributed by atoms with E-state index in [1.54, 1.807) is 17.0 Å². The van der Waals surface area contributed by atoms with Gasteiger partial charge in [0.2, 0.25) is 11.8 Å². The molecule has 26 heavy (non-hydrogen) atoms. The Bertz CT molecular complexity index is 775. The summed E-state index contributed by atoms with van der Waals surface area (Å²) in [5, 5.41) is 15.1. The summed E-state index contributed by atoms with van der Waals surface area (Å²) in [5.74, 6) is 0.801. The number of benzene rings is 1. The number of halogens is 1. The van der Waals surface area contributed by atoms with Gasteiger partial charge in [-0.15, -0.1) is 10.2 Å². The van der Waals surface area contributed by atoms with Gasteiger partial charge in [-0.2, -0.15) is 0 Å². The summed E-state index contributed by atoms with van der Waals surface area (Å²) >= 11 is 5.91. The summed E-state index contributed by atoms with van der Waals surface area (Å²) in [6.45, 7) is 5.52. The van der Waals surface area contributed by atoms with Gasteiger partial charge in [0.05, 0.1) is 0 Å². The minimum atomic E-state index is -1.48. The van der Waals surface area contributed by atoms with Crippen LogP contribution in [0.4, 0.5) is 4.79 Å². The first-order valence-corrected chi connectivity index (χ1v) is 11.3. The Morgan fingerprint density at radius 3 is 2.69 bits per heavy atom. The van der Waals surface area contributed by atoms with E-state index in [4.69, 9.17) is 26.2 Å². The molecule has 1 fully saturated rings. The van der Waals surface area contributed by atoms with Crippen LogP contribution < -0.4 is 5.40 Å². The first kappa shape index (κ1) is 18.9. The topological polar surface area (TPSA) is 94.5 Å². The highest BCUT2D eigenvalue weighted by atomic mass is 35.5. The molecule has 1 aliphatic heterocycles. The number of ether oxygens (including phenoxy) is 1. The lowest BCUT2D eigenvalue weighted by Gasteiger charge is -2.36. The molecule has 0 radical (unpaired) electrons. The maximum Gasteiger partial charge on any atom is 0.410 e. The molecule has 2 heterocycles. The van der Waals surface area contributed by atoms with Crippen LogP contribution in [-0.2, 0) is 4.74 Å². The van der Waals surface area contributed by atoms with Gasteiger partial charge in [0.25, 0.3) is 0 Å². The first-order valence-electron chi connectivity index (χ1n) is 8.57. The van der Waals surface area contributed by atoms with Gasteiger partial charge in [-0.3, -0.25) is 4.90 Å². The lowest BCUT2D eigenvalue weighted by molar-refractivity contribution is 0.0152. The number of aromatic nitrogens is 2. The Balaban J connectivity index is 1.83. The highest BCUT2D eigenvalue weighted by molar-refractivity contribution is 6.55. The van der Waals surface area contributed by atoms with Crippen molar-refractivity contribution in [1.82, 2.24) is 15.1 Å². The molecule has 0 spiro atoms. The number of hydrogen-bond donors (Lipinski definition) is 1. The van der Waals surface area contributed by atoms with Crippen molar-refractivity contribution in [2.24, 2.45) is 5.40 Å². The number of nitrogens with two attached hydrogens (primary N) is 1. The van der Waals surface area contributed by atoms with Crippen LogP contribution in [0.15, 0.2) is 28.7 Å². The van der Waals surface area contributed by atoms with E-state index < -0.39 is 20.7 Å². The third kappa shape index (κ3) is 4.43. The number of nitrogens with zero attached hydrogens (tertiary/aromatic N) is 3. The van der Waals surface area contributed by atoms with Crippen LogP contribution in [0.5, 0.6) is 0 Å². The van der Waals surface area contributed by atoms with Gasteiger partial charge >= 0.3 is 6.09 Å². The van der Waals surface area contributed by atoms with Gasteiger partial charge in [0.15, 0.2) is 0 Å². The third-order valence-electron chi connectivity index (χ3n) is 4.06. The molecule has 3 rings (SSSR count). The van der Waals surface area contributed by atoms with Crippen molar-refractivity contribution >= 4 is 26.7 Å². The average molecular weight is 395 g/mol. The molecule has 2 aromatic rings. The van der Waals surface area contributed by atoms with E-state index in [2.05, 4.69) is 10.2 Å². The molecule has 0 aliphatic carbocycles. The Hall–Kier alpha value is -1.90. The van der Waals surface area contributed by atoms with E-state index in [1.165, 1.54) is 0 Å². The molecule has 7 nitrogen and oxygen atoms in total. The van der Waals surface area contributed by atoms with E-state index in [0.29, 0.717) is 29.4 Å². The average Bonchev–Trinajstić information content (AvgIpc) is 3.03. The number of carbonyl (C=O) groups excluding carboxylic acids is 1. The third-order valence-corrected chi connectivity index (χ3v) is 6.25. The second kappa shape index (κ2) is 7.38. The maximum absolute atomic E-state index is 12.6. The van der Waals surface area contributed by atoms with E-state index in [9.17, 15) is 4.79 Å². The van der Waals surface area contributed by atoms with Gasteiger partial charge < -0.3 is 14.6 Å². The van der Waals surface area contributed by atoms with E-state index >= 15 is 0 Å². The standard InChI is InChI=1S/C17H23ClN4O3Si/c1-17(2,3)25-16(23)22-10-26(19)9-8-13(22)15-21-20-14(24-15)11-4-6-12(18)7-5-11/h4-7,13,26H,8-10,19H2,1-3H3/t13-,26+/m1/s1. The minimum absolute atomic E-state index is 0.314. The molecular formula is C17H23ClN4O3Si. The fraction of sp³-hybridized carbons (Fsp3) is 0.471. The summed E-state index contributed by atoms with van der Waals surface area (Å²) in [6.07, 6.45) is 0.837. The lowest BCUT2D eigenvalue weighted by atomic mass is 10.2. The van der Waals surface area contributed by atoms with Crippen LogP contribution in [0.3, 0.4) is 0 Å². The Labute approximate surface area is 159 Å². The molecule has 0 unspecified atom stereocenters. The number of amides is 1. The zero-order valence-electron chi connectivity index (χ0n) is 15.1. The van der Waals surface area contributed by atoms with Crippen molar-refractivity contribution in [3.05, 3.63) is 35.2 Å². The van der Waals surface area contributed by atoms with Crippen LogP contribution in [0.2, 0.25) is 11.1 Å². The number of carbonyl (C=O) groups is 1. The normalized spacial score (nSPS) is 20.9. The summed E-state index contributed by atoms with van der Waals surface area (Å²) in [6, 6.07) is 7.75. The highest BCUT2D eigenvalue weighted by Gasteiger charge is 2.37. The van der Waals surface area contributed by atoms with Crippen molar-refractivity contribution < 1.29 is 13.9 Å². The largest absolute Gasteiger partial charge is 0.444 e. The highest BCUT2D eigenvalue weighted by Crippen LogP contribution is 2.32. The van der Waals surface area contributed by atoms with Crippen LogP contribution in [-0.4, -0.2) is 41.9 Å². The molecule has 1 amide bonds. The van der Waals surface area contributed by atoms with Crippen molar-refractivity contribution in [1.29, 1.82) is 0 Å². The monoisotopic (exact) mass is 394 g/mol. The number of rotatable bonds is 2. The van der Waals surface area contributed by atoms with E-state index in [-0.39, 0.29) is 6.04 Å². The van der Waals surface area contributed by atoms with Crippen LogP contribution in [0.25, 0.3) is 11.5 Å². The van der Waals surface area contributed by atoms with Gasteiger partial charge in [-0.1, -0.05) is 11.6 Å². The second-order valence-corrected chi connectivity index (χ2v) is 10.3. The van der Waals surface area contributed by atoms with Crippen molar-refractivity contribution in [3.8, 4) is 11.5 Å². The lowest BCUT2D eigenvalue weighted by Crippen LogP contribution is -2.51. The molecule has 0 bridgehead atoms. The molecule has 0 saturated carbocycles. The summed E-state index contributed by atoms with van der Waals surface area (Å²) in [4.78, 5) is 14.3. The van der Waals surface area contributed by atoms with Gasteiger partial charge in [-0.25, -0.2) is 4.79 Å².